The molecule has 0 rings (SSSR count). The van der Waals surface area contributed by atoms with Gasteiger partial charge in [-0.3, -0.25) is 4.79 Å². The largest absolute Gasteiger partial charge is 0.481 e. The quantitative estimate of drug-likeness (QED) is 0.517. The van der Waals surface area contributed by atoms with Gasteiger partial charge in [-0.15, -0.1) is 0 Å². The van der Waals surface area contributed by atoms with Crippen molar-refractivity contribution in [2.24, 2.45) is 0 Å². The number of hydrogen-bond acceptors (Lipinski definition) is 2. The SMILES string of the molecule is CC(=CC(=O)O)CCC=C(C)CCC(=O)O. The monoisotopic (exact) mass is 226 g/mol. The van der Waals surface area contributed by atoms with Crippen LogP contribution < -0.4 is 0 Å². The summed E-state index contributed by atoms with van der Waals surface area (Å²) in [7, 11) is 0. The molecule has 0 atom stereocenters. The van der Waals surface area contributed by atoms with Crippen LogP contribution in [0.2, 0.25) is 0 Å². The van der Waals surface area contributed by atoms with E-state index in [2.05, 4.69) is 0 Å². The zero-order chi connectivity index (χ0) is 12.6. The third-order valence-electron chi connectivity index (χ3n) is 2.13. The van der Waals surface area contributed by atoms with Gasteiger partial charge < -0.3 is 10.2 Å². The van der Waals surface area contributed by atoms with E-state index in [4.69, 9.17) is 10.2 Å². The molecule has 0 aliphatic carbocycles. The molecule has 0 fully saturated rings. The van der Waals surface area contributed by atoms with Crippen molar-refractivity contribution in [3.05, 3.63) is 23.3 Å². The maximum Gasteiger partial charge on any atom is 0.328 e. The van der Waals surface area contributed by atoms with Gasteiger partial charge in [-0.25, -0.2) is 4.79 Å². The molecule has 0 aromatic heterocycles. The standard InChI is InChI=1S/C12H18O4/c1-9(6-7-11(13)14)4-3-5-10(2)8-12(15)16/h4,8H,3,5-7H2,1-2H3,(H,13,14)(H,15,16). The predicted molar refractivity (Wildman–Crippen MR) is 61.3 cm³/mol. The van der Waals surface area contributed by atoms with E-state index in [-0.39, 0.29) is 6.42 Å². The lowest BCUT2D eigenvalue weighted by atomic mass is 10.1. The highest BCUT2D eigenvalue weighted by Crippen LogP contribution is 2.09. The molecule has 0 saturated carbocycles. The lowest BCUT2D eigenvalue weighted by molar-refractivity contribution is -0.137. The third kappa shape index (κ3) is 8.99. The zero-order valence-corrected chi connectivity index (χ0v) is 9.69. The highest BCUT2D eigenvalue weighted by molar-refractivity contribution is 5.80. The van der Waals surface area contributed by atoms with Crippen molar-refractivity contribution < 1.29 is 19.8 Å². The van der Waals surface area contributed by atoms with E-state index < -0.39 is 11.9 Å². The average Bonchev–Trinajstić information content (AvgIpc) is 2.13. The minimum atomic E-state index is -0.927. The van der Waals surface area contributed by atoms with Crippen molar-refractivity contribution in [2.45, 2.75) is 39.5 Å². The Morgan fingerprint density at radius 2 is 1.62 bits per heavy atom. The smallest absolute Gasteiger partial charge is 0.328 e. The molecular formula is C12H18O4. The summed E-state index contributed by atoms with van der Waals surface area (Å²) in [5, 5.41) is 17.0. The van der Waals surface area contributed by atoms with Crippen molar-refractivity contribution in [2.75, 3.05) is 0 Å². The lowest BCUT2D eigenvalue weighted by Gasteiger charge is -1.99. The molecule has 0 aliphatic rings. The van der Waals surface area contributed by atoms with Crippen LogP contribution in [0.25, 0.3) is 0 Å². The number of carbonyl (C=O) groups is 2. The maximum absolute atomic E-state index is 10.3. The van der Waals surface area contributed by atoms with Crippen LogP contribution in [0.15, 0.2) is 23.3 Å². The first-order chi connectivity index (χ1) is 7.41. The number of hydrogen-bond donors (Lipinski definition) is 2. The first kappa shape index (κ1) is 14.4. The number of allylic oxidation sites excluding steroid dienone is 3. The average molecular weight is 226 g/mol. The topological polar surface area (TPSA) is 74.6 Å². The molecule has 16 heavy (non-hydrogen) atoms. The Balaban J connectivity index is 3.90. The van der Waals surface area contributed by atoms with E-state index >= 15 is 0 Å². The van der Waals surface area contributed by atoms with Crippen LogP contribution in [-0.2, 0) is 9.59 Å². The van der Waals surface area contributed by atoms with Gasteiger partial charge in [0.25, 0.3) is 0 Å². The first-order valence-electron chi connectivity index (χ1n) is 5.19. The van der Waals surface area contributed by atoms with Crippen molar-refractivity contribution in [3.8, 4) is 0 Å². The Hall–Kier alpha value is -1.58. The third-order valence-corrected chi connectivity index (χ3v) is 2.13. The molecule has 0 saturated heterocycles. The Bertz CT molecular complexity index is 313. The van der Waals surface area contributed by atoms with Crippen LogP contribution in [0.4, 0.5) is 0 Å². The molecule has 4 nitrogen and oxygen atoms in total. The van der Waals surface area contributed by atoms with E-state index in [1.807, 2.05) is 13.0 Å². The summed E-state index contributed by atoms with van der Waals surface area (Å²) in [5.41, 5.74) is 1.85. The van der Waals surface area contributed by atoms with Crippen molar-refractivity contribution in [3.63, 3.8) is 0 Å². The summed E-state index contributed by atoms with van der Waals surface area (Å²) in [5.74, 6) is -1.72. The van der Waals surface area contributed by atoms with Gasteiger partial charge >= 0.3 is 11.9 Å². The van der Waals surface area contributed by atoms with Crippen LogP contribution >= 0.6 is 0 Å². The molecule has 0 radical (unpaired) electrons. The van der Waals surface area contributed by atoms with Gasteiger partial charge in [0.1, 0.15) is 0 Å². The molecule has 0 aromatic rings. The molecule has 0 aromatic carbocycles. The Labute approximate surface area is 95.3 Å². The molecule has 0 bridgehead atoms. The van der Waals surface area contributed by atoms with Crippen LogP contribution in [0.1, 0.15) is 39.5 Å². The van der Waals surface area contributed by atoms with E-state index in [0.717, 1.165) is 17.6 Å². The number of carboxylic acids is 2. The molecule has 0 aliphatic heterocycles. The second-order valence-electron chi connectivity index (χ2n) is 3.81. The molecule has 0 spiro atoms. The van der Waals surface area contributed by atoms with Gasteiger partial charge in [0.05, 0.1) is 0 Å². The van der Waals surface area contributed by atoms with Crippen molar-refractivity contribution in [1.29, 1.82) is 0 Å². The second kappa shape index (κ2) is 7.68. The highest BCUT2D eigenvalue weighted by atomic mass is 16.4. The summed E-state index contributed by atoms with van der Waals surface area (Å²) < 4.78 is 0. The molecule has 2 N–H and O–H groups in total. The van der Waals surface area contributed by atoms with Gasteiger partial charge in [-0.2, -0.15) is 0 Å². The fourth-order valence-electron chi connectivity index (χ4n) is 1.24. The summed E-state index contributed by atoms with van der Waals surface area (Å²) in [6.45, 7) is 3.66. The molecule has 0 amide bonds. The normalized spacial score (nSPS) is 12.6. The van der Waals surface area contributed by atoms with Gasteiger partial charge in [0.15, 0.2) is 0 Å². The lowest BCUT2D eigenvalue weighted by Crippen LogP contribution is -1.94. The number of carboxylic acid groups (broad SMARTS) is 2. The maximum atomic E-state index is 10.3. The second-order valence-corrected chi connectivity index (χ2v) is 3.81. The first-order valence-corrected chi connectivity index (χ1v) is 5.19. The van der Waals surface area contributed by atoms with Gasteiger partial charge in [-0.1, -0.05) is 17.2 Å². The van der Waals surface area contributed by atoms with E-state index in [0.29, 0.717) is 12.8 Å². The molecule has 4 heteroatoms. The number of aliphatic carboxylic acids is 2. The van der Waals surface area contributed by atoms with E-state index in [1.165, 1.54) is 6.08 Å². The minimum Gasteiger partial charge on any atom is -0.481 e. The Kier molecular flexibility index (Phi) is 6.92. The van der Waals surface area contributed by atoms with Crippen LogP contribution in [0, 0.1) is 0 Å². The summed E-state index contributed by atoms with van der Waals surface area (Å²) in [6.07, 6.45) is 5.30. The van der Waals surface area contributed by atoms with E-state index in [9.17, 15) is 9.59 Å². The fourth-order valence-corrected chi connectivity index (χ4v) is 1.24. The summed E-state index contributed by atoms with van der Waals surface area (Å²) in [4.78, 5) is 20.6. The minimum absolute atomic E-state index is 0.145. The molecule has 0 heterocycles. The Morgan fingerprint density at radius 1 is 1.00 bits per heavy atom. The summed E-state index contributed by atoms with van der Waals surface area (Å²) in [6, 6.07) is 0. The highest BCUT2D eigenvalue weighted by Gasteiger charge is 1.98. The van der Waals surface area contributed by atoms with Crippen molar-refractivity contribution >= 4 is 11.9 Å². The van der Waals surface area contributed by atoms with E-state index in [1.54, 1.807) is 6.92 Å². The van der Waals surface area contributed by atoms with Gasteiger partial charge in [-0.05, 0) is 33.1 Å². The number of rotatable bonds is 7. The van der Waals surface area contributed by atoms with Gasteiger partial charge in [0, 0.05) is 12.5 Å². The van der Waals surface area contributed by atoms with Crippen LogP contribution in [0.3, 0.4) is 0 Å². The van der Waals surface area contributed by atoms with Gasteiger partial charge in [0.2, 0.25) is 0 Å². The summed E-state index contributed by atoms with van der Waals surface area (Å²) >= 11 is 0. The Morgan fingerprint density at radius 3 is 2.12 bits per heavy atom. The predicted octanol–water partition coefficient (Wildman–Crippen LogP) is 2.61. The molecular weight excluding hydrogens is 208 g/mol. The molecule has 90 valence electrons. The van der Waals surface area contributed by atoms with Crippen LogP contribution in [-0.4, -0.2) is 22.2 Å². The fraction of sp³-hybridized carbons (Fsp3) is 0.500. The van der Waals surface area contributed by atoms with Crippen LogP contribution in [0.5, 0.6) is 0 Å². The molecule has 0 unspecified atom stereocenters. The van der Waals surface area contributed by atoms with Crippen molar-refractivity contribution in [1.82, 2.24) is 0 Å². The zero-order valence-electron chi connectivity index (χ0n) is 9.69.